The van der Waals surface area contributed by atoms with Crippen LogP contribution in [0.2, 0.25) is 0 Å². The lowest BCUT2D eigenvalue weighted by molar-refractivity contribution is -0.156. The van der Waals surface area contributed by atoms with Crippen molar-refractivity contribution in [3.63, 3.8) is 0 Å². The number of hydrogen-bond acceptors (Lipinski definition) is 6. The molecule has 0 aromatic carbocycles. The lowest BCUT2D eigenvalue weighted by Crippen LogP contribution is -2.27. The average Bonchev–Trinajstić information content (AvgIpc) is 2.42. The maximum atomic E-state index is 11.4. The smallest absolute Gasteiger partial charge is 0.320 e. The lowest BCUT2D eigenvalue weighted by Gasteiger charge is -2.14. The minimum absolute atomic E-state index is 0.137. The zero-order chi connectivity index (χ0) is 14.4. The number of pyridine rings is 1. The maximum absolute atomic E-state index is 11.4. The predicted molar refractivity (Wildman–Crippen MR) is 64.2 cm³/mol. The minimum Gasteiger partial charge on any atom is -0.493 e. The number of carbonyl (C=O) groups excluding carboxylic acids is 1. The van der Waals surface area contributed by atoms with Gasteiger partial charge in [0.15, 0.2) is 17.4 Å². The van der Waals surface area contributed by atoms with Gasteiger partial charge in [0.25, 0.3) is 0 Å². The van der Waals surface area contributed by atoms with Crippen molar-refractivity contribution in [3.8, 4) is 11.5 Å². The fourth-order valence-corrected chi connectivity index (χ4v) is 1.60. The van der Waals surface area contributed by atoms with Gasteiger partial charge in [-0.2, -0.15) is 0 Å². The number of hydrogen-bond donors (Lipinski definition) is 1. The molecule has 1 unspecified atom stereocenters. The Kier molecular flexibility index (Phi) is 5.11. The van der Waals surface area contributed by atoms with Gasteiger partial charge in [-0.15, -0.1) is 0 Å². The summed E-state index contributed by atoms with van der Waals surface area (Å²) in [6, 6.07) is 1.58. The molecule has 0 amide bonds. The van der Waals surface area contributed by atoms with Crippen LogP contribution in [0.1, 0.15) is 5.69 Å². The van der Waals surface area contributed by atoms with E-state index in [1.807, 2.05) is 0 Å². The van der Waals surface area contributed by atoms with Gasteiger partial charge in [0.1, 0.15) is 0 Å². The van der Waals surface area contributed by atoms with Crippen LogP contribution in [0.3, 0.4) is 0 Å². The van der Waals surface area contributed by atoms with Crippen LogP contribution in [0.25, 0.3) is 0 Å². The molecule has 0 aliphatic carbocycles. The molecule has 0 radical (unpaired) electrons. The molecule has 104 valence electrons. The third-order valence-corrected chi connectivity index (χ3v) is 2.55. The van der Waals surface area contributed by atoms with E-state index in [0.717, 1.165) is 7.11 Å². The molecule has 1 atom stereocenters. The molecule has 0 spiro atoms. The van der Waals surface area contributed by atoms with E-state index in [0.29, 0.717) is 17.2 Å². The molecule has 1 aromatic heterocycles. The van der Waals surface area contributed by atoms with Gasteiger partial charge in [-0.3, -0.25) is 14.6 Å². The van der Waals surface area contributed by atoms with Gasteiger partial charge in [-0.25, -0.2) is 0 Å². The zero-order valence-electron chi connectivity index (χ0n) is 10.9. The van der Waals surface area contributed by atoms with Crippen molar-refractivity contribution in [1.82, 2.24) is 4.98 Å². The zero-order valence-corrected chi connectivity index (χ0v) is 10.9. The molecule has 19 heavy (non-hydrogen) atoms. The normalized spacial score (nSPS) is 11.5. The van der Waals surface area contributed by atoms with E-state index in [2.05, 4.69) is 9.72 Å². The molecule has 1 aromatic rings. The van der Waals surface area contributed by atoms with E-state index < -0.39 is 17.9 Å². The molecule has 1 N–H and O–H groups in total. The van der Waals surface area contributed by atoms with Crippen LogP contribution >= 0.6 is 0 Å². The van der Waals surface area contributed by atoms with E-state index >= 15 is 0 Å². The van der Waals surface area contributed by atoms with Gasteiger partial charge >= 0.3 is 11.9 Å². The Morgan fingerprint density at radius 1 is 1.32 bits per heavy atom. The summed E-state index contributed by atoms with van der Waals surface area (Å²) in [6.45, 7) is 0. The Balaban J connectivity index is 3.09. The third kappa shape index (κ3) is 3.34. The van der Waals surface area contributed by atoms with Crippen molar-refractivity contribution in [2.75, 3.05) is 21.3 Å². The summed E-state index contributed by atoms with van der Waals surface area (Å²) in [7, 11) is 4.00. The fourth-order valence-electron chi connectivity index (χ4n) is 1.60. The molecule has 0 aliphatic heterocycles. The van der Waals surface area contributed by atoms with Crippen molar-refractivity contribution in [1.29, 1.82) is 0 Å². The van der Waals surface area contributed by atoms with Gasteiger partial charge in [0.2, 0.25) is 0 Å². The number of ether oxygens (including phenoxy) is 3. The number of nitrogens with zero attached hydrogens (tertiary/aromatic N) is 1. The first-order chi connectivity index (χ1) is 9.04. The Labute approximate surface area is 110 Å². The van der Waals surface area contributed by atoms with Crippen LogP contribution in [-0.4, -0.2) is 43.4 Å². The van der Waals surface area contributed by atoms with Crippen molar-refractivity contribution >= 4 is 11.9 Å². The summed E-state index contributed by atoms with van der Waals surface area (Å²) in [6.07, 6.45) is 1.31. The monoisotopic (exact) mass is 269 g/mol. The Morgan fingerprint density at radius 3 is 2.47 bits per heavy atom. The summed E-state index contributed by atoms with van der Waals surface area (Å²) in [5.74, 6) is -2.72. The van der Waals surface area contributed by atoms with E-state index in [1.165, 1.54) is 20.4 Å². The molecular formula is C12H15NO6. The summed E-state index contributed by atoms with van der Waals surface area (Å²) < 4.78 is 14.7. The minimum atomic E-state index is -1.33. The van der Waals surface area contributed by atoms with E-state index in [9.17, 15) is 9.59 Å². The summed E-state index contributed by atoms with van der Waals surface area (Å²) in [5, 5.41) is 9.03. The van der Waals surface area contributed by atoms with Gasteiger partial charge in [0.05, 0.1) is 27.0 Å². The van der Waals surface area contributed by atoms with Crippen molar-refractivity contribution in [3.05, 3.63) is 18.0 Å². The Morgan fingerprint density at radius 2 is 2.00 bits per heavy atom. The van der Waals surface area contributed by atoms with Gasteiger partial charge in [-0.05, 0) is 0 Å². The molecule has 0 saturated carbocycles. The number of carbonyl (C=O) groups is 2. The summed E-state index contributed by atoms with van der Waals surface area (Å²) in [5.41, 5.74) is 0.319. The number of rotatable bonds is 6. The molecule has 0 bridgehead atoms. The highest BCUT2D eigenvalue weighted by molar-refractivity contribution is 5.94. The van der Waals surface area contributed by atoms with Crippen molar-refractivity contribution in [2.45, 2.75) is 6.42 Å². The largest absolute Gasteiger partial charge is 0.493 e. The first-order valence-corrected chi connectivity index (χ1v) is 5.41. The highest BCUT2D eigenvalue weighted by Gasteiger charge is 2.29. The predicted octanol–water partition coefficient (Wildman–Crippen LogP) is 0.515. The second-order valence-corrected chi connectivity index (χ2v) is 3.61. The Bertz CT molecular complexity index is 473. The fraction of sp³-hybridized carbons (Fsp3) is 0.417. The number of esters is 1. The van der Waals surface area contributed by atoms with Crippen LogP contribution in [0.4, 0.5) is 0 Å². The van der Waals surface area contributed by atoms with Gasteiger partial charge in [0, 0.05) is 18.7 Å². The first kappa shape index (κ1) is 14.7. The van der Waals surface area contributed by atoms with Crippen LogP contribution in [0.5, 0.6) is 11.5 Å². The van der Waals surface area contributed by atoms with Gasteiger partial charge in [-0.1, -0.05) is 0 Å². The summed E-state index contributed by atoms with van der Waals surface area (Å²) in [4.78, 5) is 26.5. The SMILES string of the molecule is COC(=O)C(Cc1nccc(OC)c1OC)C(=O)O. The summed E-state index contributed by atoms with van der Waals surface area (Å²) >= 11 is 0. The molecule has 0 aliphatic rings. The number of aromatic nitrogens is 1. The quantitative estimate of drug-likeness (QED) is 0.594. The second kappa shape index (κ2) is 6.58. The van der Waals surface area contributed by atoms with Crippen LogP contribution in [-0.2, 0) is 20.7 Å². The number of carboxylic acids is 1. The average molecular weight is 269 g/mol. The highest BCUT2D eigenvalue weighted by Crippen LogP contribution is 2.30. The molecule has 7 nitrogen and oxygen atoms in total. The molecular weight excluding hydrogens is 254 g/mol. The van der Waals surface area contributed by atoms with Crippen LogP contribution in [0, 0.1) is 5.92 Å². The first-order valence-electron chi connectivity index (χ1n) is 5.41. The molecule has 0 fully saturated rings. The molecule has 1 rings (SSSR count). The van der Waals surface area contributed by atoms with Crippen LogP contribution < -0.4 is 9.47 Å². The van der Waals surface area contributed by atoms with E-state index in [-0.39, 0.29) is 6.42 Å². The topological polar surface area (TPSA) is 95.0 Å². The van der Waals surface area contributed by atoms with Crippen molar-refractivity contribution in [2.24, 2.45) is 5.92 Å². The van der Waals surface area contributed by atoms with E-state index in [1.54, 1.807) is 6.07 Å². The van der Waals surface area contributed by atoms with Gasteiger partial charge < -0.3 is 19.3 Å². The number of aliphatic carboxylic acids is 1. The highest BCUT2D eigenvalue weighted by atomic mass is 16.5. The third-order valence-electron chi connectivity index (χ3n) is 2.55. The molecule has 0 saturated heterocycles. The Hall–Kier alpha value is -2.31. The maximum Gasteiger partial charge on any atom is 0.320 e. The lowest BCUT2D eigenvalue weighted by atomic mass is 10.0. The van der Waals surface area contributed by atoms with Crippen molar-refractivity contribution < 1.29 is 28.9 Å². The van der Waals surface area contributed by atoms with E-state index in [4.69, 9.17) is 14.6 Å². The number of carboxylic acid groups (broad SMARTS) is 1. The number of methoxy groups -OCH3 is 3. The molecule has 1 heterocycles. The standard InChI is InChI=1S/C12H15NO6/c1-17-9-4-5-13-8(10(9)18-2)6-7(11(14)15)12(16)19-3/h4-5,7H,6H2,1-3H3,(H,14,15). The molecule has 7 heteroatoms. The second-order valence-electron chi connectivity index (χ2n) is 3.61. The van der Waals surface area contributed by atoms with Crippen LogP contribution in [0.15, 0.2) is 12.3 Å².